The lowest BCUT2D eigenvalue weighted by Gasteiger charge is -2.20. The van der Waals surface area contributed by atoms with Gasteiger partial charge < -0.3 is 14.8 Å². The number of nitrogens with zero attached hydrogens (tertiary/aromatic N) is 1. The van der Waals surface area contributed by atoms with Gasteiger partial charge in [-0.3, -0.25) is 9.10 Å². The molecule has 1 N–H and O–H groups in total. The molecule has 7 nitrogen and oxygen atoms in total. The van der Waals surface area contributed by atoms with Crippen LogP contribution in [0.3, 0.4) is 0 Å². The van der Waals surface area contributed by atoms with Crippen molar-refractivity contribution in [1.82, 2.24) is 0 Å². The zero-order valence-electron chi connectivity index (χ0n) is 17.2. The maximum atomic E-state index is 13.1. The van der Waals surface area contributed by atoms with Crippen LogP contribution in [0.1, 0.15) is 15.9 Å². The van der Waals surface area contributed by atoms with Gasteiger partial charge in [0.2, 0.25) is 0 Å². The summed E-state index contributed by atoms with van der Waals surface area (Å²) in [5.41, 5.74) is 2.33. The molecule has 8 heteroatoms. The van der Waals surface area contributed by atoms with Crippen molar-refractivity contribution in [1.29, 1.82) is 0 Å². The van der Waals surface area contributed by atoms with Crippen molar-refractivity contribution in [3.8, 4) is 11.5 Å². The van der Waals surface area contributed by atoms with E-state index in [9.17, 15) is 13.2 Å². The van der Waals surface area contributed by atoms with Crippen molar-refractivity contribution in [2.45, 2.75) is 11.3 Å². The van der Waals surface area contributed by atoms with E-state index in [0.717, 1.165) is 5.56 Å². The molecule has 0 aromatic heterocycles. The number of ether oxygens (including phenoxy) is 2. The fourth-order valence-corrected chi connectivity index (χ4v) is 5.09. The lowest BCUT2D eigenvalue weighted by atomic mass is 10.1. The summed E-state index contributed by atoms with van der Waals surface area (Å²) >= 11 is 0. The van der Waals surface area contributed by atoms with Crippen LogP contribution < -0.4 is 19.1 Å². The molecular weight excluding hydrogens is 416 g/mol. The fraction of sp³-hybridized carbons (Fsp3) is 0.174. The summed E-state index contributed by atoms with van der Waals surface area (Å²) in [6, 6.07) is 18.5. The topological polar surface area (TPSA) is 84.9 Å². The summed E-state index contributed by atoms with van der Waals surface area (Å²) in [6.45, 7) is 0.341. The molecule has 1 aliphatic heterocycles. The van der Waals surface area contributed by atoms with Crippen molar-refractivity contribution in [2.75, 3.05) is 30.4 Å². The number of carbonyl (C=O) groups excluding carboxylic acids is 1. The van der Waals surface area contributed by atoms with Gasteiger partial charge in [0.25, 0.3) is 15.9 Å². The summed E-state index contributed by atoms with van der Waals surface area (Å²) in [5, 5.41) is 2.82. The van der Waals surface area contributed by atoms with Crippen molar-refractivity contribution in [3.63, 3.8) is 0 Å². The highest BCUT2D eigenvalue weighted by Gasteiger charge is 2.31. The second-order valence-corrected chi connectivity index (χ2v) is 8.87. The zero-order chi connectivity index (χ0) is 22.0. The van der Waals surface area contributed by atoms with Crippen molar-refractivity contribution in [2.24, 2.45) is 0 Å². The average Bonchev–Trinajstić information content (AvgIpc) is 3.23. The van der Waals surface area contributed by atoms with Gasteiger partial charge in [0.15, 0.2) is 11.5 Å². The molecule has 0 bridgehead atoms. The first-order valence-electron chi connectivity index (χ1n) is 9.68. The van der Waals surface area contributed by atoms with Gasteiger partial charge in [0, 0.05) is 23.9 Å². The number of benzene rings is 3. The monoisotopic (exact) mass is 438 g/mol. The fourth-order valence-electron chi connectivity index (χ4n) is 3.58. The van der Waals surface area contributed by atoms with Gasteiger partial charge in [-0.15, -0.1) is 0 Å². The predicted molar refractivity (Wildman–Crippen MR) is 119 cm³/mol. The molecule has 0 saturated heterocycles. The number of fused-ring (bicyclic) bond motifs is 1. The van der Waals surface area contributed by atoms with Crippen molar-refractivity contribution < 1.29 is 22.7 Å². The lowest BCUT2D eigenvalue weighted by Crippen LogP contribution is -2.29. The molecule has 160 valence electrons. The smallest absolute Gasteiger partial charge is 0.264 e. The molecule has 3 aromatic carbocycles. The molecule has 0 radical (unpaired) electrons. The van der Waals surface area contributed by atoms with Crippen LogP contribution >= 0.6 is 0 Å². The Bertz CT molecular complexity index is 1230. The zero-order valence-corrected chi connectivity index (χ0v) is 18.0. The molecule has 0 saturated carbocycles. The number of hydrogen-bond donors (Lipinski definition) is 1. The molecule has 1 amide bonds. The number of hydrogen-bond acceptors (Lipinski definition) is 5. The number of rotatable bonds is 6. The number of anilines is 2. The van der Waals surface area contributed by atoms with Crippen LogP contribution in [0.2, 0.25) is 0 Å². The minimum atomic E-state index is -3.70. The molecular formula is C23H22N2O5S. The third-order valence-corrected chi connectivity index (χ3v) is 7.00. The maximum Gasteiger partial charge on any atom is 0.264 e. The first kappa shape index (κ1) is 20.7. The minimum Gasteiger partial charge on any atom is -0.493 e. The second kappa shape index (κ2) is 8.31. The number of methoxy groups -OCH3 is 2. The molecule has 0 spiro atoms. The Labute approximate surface area is 181 Å². The van der Waals surface area contributed by atoms with Crippen LogP contribution in [0, 0.1) is 0 Å². The molecule has 4 rings (SSSR count). The molecule has 0 aliphatic carbocycles. The molecule has 0 fully saturated rings. The largest absolute Gasteiger partial charge is 0.493 e. The van der Waals surface area contributed by atoms with E-state index in [1.165, 1.54) is 18.5 Å². The molecule has 0 atom stereocenters. The van der Waals surface area contributed by atoms with Gasteiger partial charge in [-0.25, -0.2) is 8.42 Å². The highest BCUT2D eigenvalue weighted by Crippen LogP contribution is 2.34. The predicted octanol–water partition coefficient (Wildman–Crippen LogP) is 3.71. The summed E-state index contributed by atoms with van der Waals surface area (Å²) in [6.07, 6.45) is 0.596. The SMILES string of the molecule is COc1ccc(NC(=O)c2ccc3c(c2)N(S(=O)(=O)c2ccccc2)CC3)cc1OC. The molecule has 31 heavy (non-hydrogen) atoms. The first-order chi connectivity index (χ1) is 14.9. The van der Waals surface area contributed by atoms with E-state index in [4.69, 9.17) is 9.47 Å². The Balaban J connectivity index is 1.61. The van der Waals surface area contributed by atoms with Gasteiger partial charge in [-0.05, 0) is 48.4 Å². The normalized spacial score (nSPS) is 12.9. The number of carbonyl (C=O) groups is 1. The van der Waals surface area contributed by atoms with Crippen LogP contribution in [-0.4, -0.2) is 35.1 Å². The molecule has 3 aromatic rings. The summed E-state index contributed by atoms with van der Waals surface area (Å²) in [5.74, 6) is 0.702. The number of nitrogens with one attached hydrogen (secondary N) is 1. The van der Waals surface area contributed by atoms with Crippen molar-refractivity contribution >= 4 is 27.3 Å². The third kappa shape index (κ3) is 3.94. The highest BCUT2D eigenvalue weighted by atomic mass is 32.2. The van der Waals surface area contributed by atoms with Crippen LogP contribution in [0.15, 0.2) is 71.6 Å². The van der Waals surface area contributed by atoms with E-state index in [0.29, 0.717) is 41.4 Å². The van der Waals surface area contributed by atoms with Gasteiger partial charge >= 0.3 is 0 Å². The van der Waals surface area contributed by atoms with Crippen molar-refractivity contribution in [3.05, 3.63) is 77.9 Å². The van der Waals surface area contributed by atoms with E-state index in [2.05, 4.69) is 5.32 Å². The molecule has 1 heterocycles. The maximum absolute atomic E-state index is 13.1. The standard InChI is InChI=1S/C23H22N2O5S/c1-29-21-11-10-18(15-22(21)30-2)24-23(26)17-9-8-16-12-13-25(20(16)14-17)31(27,28)19-6-4-3-5-7-19/h3-11,14-15H,12-13H2,1-2H3,(H,24,26). The molecule has 0 unspecified atom stereocenters. The van der Waals surface area contributed by atoms with E-state index < -0.39 is 10.0 Å². The minimum absolute atomic E-state index is 0.225. The Morgan fingerprint density at radius 2 is 1.68 bits per heavy atom. The summed E-state index contributed by atoms with van der Waals surface area (Å²) < 4.78 is 38.0. The van der Waals surface area contributed by atoms with Crippen LogP contribution in [-0.2, 0) is 16.4 Å². The lowest BCUT2D eigenvalue weighted by molar-refractivity contribution is 0.102. The Kier molecular flexibility index (Phi) is 5.56. The average molecular weight is 439 g/mol. The highest BCUT2D eigenvalue weighted by molar-refractivity contribution is 7.92. The van der Waals surface area contributed by atoms with E-state index in [1.54, 1.807) is 66.7 Å². The third-order valence-electron chi connectivity index (χ3n) is 5.17. The number of amides is 1. The quantitative estimate of drug-likeness (QED) is 0.634. The van der Waals surface area contributed by atoms with Gasteiger partial charge in [0.1, 0.15) is 0 Å². The van der Waals surface area contributed by atoms with Gasteiger partial charge in [-0.2, -0.15) is 0 Å². The van der Waals surface area contributed by atoms with Gasteiger partial charge in [-0.1, -0.05) is 24.3 Å². The Morgan fingerprint density at radius 1 is 0.935 bits per heavy atom. The van der Waals surface area contributed by atoms with Crippen LogP contribution in [0.25, 0.3) is 0 Å². The van der Waals surface area contributed by atoms with E-state index in [1.807, 2.05) is 0 Å². The van der Waals surface area contributed by atoms with Gasteiger partial charge in [0.05, 0.1) is 24.8 Å². The first-order valence-corrected chi connectivity index (χ1v) is 11.1. The summed E-state index contributed by atoms with van der Waals surface area (Å²) in [4.78, 5) is 13.1. The van der Waals surface area contributed by atoms with E-state index in [-0.39, 0.29) is 10.8 Å². The number of sulfonamides is 1. The molecule has 1 aliphatic rings. The Morgan fingerprint density at radius 3 is 2.39 bits per heavy atom. The van der Waals surface area contributed by atoms with Crippen LogP contribution in [0.5, 0.6) is 11.5 Å². The second-order valence-electron chi connectivity index (χ2n) is 7.01. The van der Waals surface area contributed by atoms with E-state index >= 15 is 0 Å². The van der Waals surface area contributed by atoms with Crippen LogP contribution in [0.4, 0.5) is 11.4 Å². The Hall–Kier alpha value is -3.52. The summed E-state index contributed by atoms with van der Waals surface area (Å²) in [7, 11) is -0.642.